The Hall–Kier alpha value is -1.02. The summed E-state index contributed by atoms with van der Waals surface area (Å²) in [5.74, 6) is 0.780. The maximum Gasteiger partial charge on any atom is 0.127 e. The molecule has 1 aromatic carbocycles. The molecule has 0 aliphatic rings. The minimum atomic E-state index is 0.598. The van der Waals surface area contributed by atoms with Crippen LogP contribution in [0.4, 0.5) is 0 Å². The Morgan fingerprint density at radius 2 is 2.15 bits per heavy atom. The Balaban J connectivity index is 2.07. The molecule has 0 aromatic heterocycles. The third-order valence-corrected chi connectivity index (χ3v) is 1.51. The first-order chi connectivity index (χ1) is 6.43. The summed E-state index contributed by atoms with van der Waals surface area (Å²) in [5.41, 5.74) is 0. The van der Waals surface area contributed by atoms with Crippen molar-refractivity contribution in [2.75, 3.05) is 19.8 Å². The van der Waals surface area contributed by atoms with E-state index in [1.54, 1.807) is 0 Å². The first kappa shape index (κ1) is 10.1. The second-order valence-electron chi connectivity index (χ2n) is 2.69. The second kappa shape index (κ2) is 6.49. The van der Waals surface area contributed by atoms with E-state index in [1.807, 2.05) is 24.3 Å². The average molecular weight is 179 g/mol. The molecule has 0 N–H and O–H groups in total. The molecular formula is C11H15O2. The molecule has 0 aliphatic carbocycles. The Bertz CT molecular complexity index is 209. The van der Waals surface area contributed by atoms with E-state index in [1.165, 1.54) is 0 Å². The zero-order valence-corrected chi connectivity index (χ0v) is 7.95. The minimum Gasteiger partial charge on any atom is -0.491 e. The number of hydrogen-bond acceptors (Lipinski definition) is 2. The molecule has 0 atom stereocenters. The van der Waals surface area contributed by atoms with Crippen LogP contribution in [-0.2, 0) is 4.74 Å². The first-order valence-electron chi connectivity index (χ1n) is 4.60. The fourth-order valence-electron chi connectivity index (χ4n) is 0.924. The van der Waals surface area contributed by atoms with Crippen LogP contribution in [0.3, 0.4) is 0 Å². The predicted octanol–water partition coefficient (Wildman–Crippen LogP) is 2.29. The lowest BCUT2D eigenvalue weighted by Crippen LogP contribution is -2.06. The molecule has 13 heavy (non-hydrogen) atoms. The lowest BCUT2D eigenvalue weighted by atomic mass is 10.3. The number of benzene rings is 1. The number of ether oxygens (including phenoxy) is 2. The second-order valence-corrected chi connectivity index (χ2v) is 2.69. The summed E-state index contributed by atoms with van der Waals surface area (Å²) in [7, 11) is 0. The van der Waals surface area contributed by atoms with Crippen LogP contribution in [0.25, 0.3) is 0 Å². The first-order valence-corrected chi connectivity index (χ1v) is 4.60. The van der Waals surface area contributed by atoms with E-state index in [0.29, 0.717) is 13.2 Å². The quantitative estimate of drug-likeness (QED) is 0.624. The number of hydrogen-bond donors (Lipinski definition) is 0. The largest absolute Gasteiger partial charge is 0.491 e. The highest BCUT2D eigenvalue weighted by Crippen LogP contribution is 2.06. The fourth-order valence-corrected chi connectivity index (χ4v) is 0.924. The number of para-hydroxylation sites is 1. The molecule has 0 heterocycles. The molecule has 1 rings (SSSR count). The molecule has 0 saturated carbocycles. The predicted molar refractivity (Wildman–Crippen MR) is 51.9 cm³/mol. The van der Waals surface area contributed by atoms with Gasteiger partial charge in [0.25, 0.3) is 0 Å². The highest BCUT2D eigenvalue weighted by molar-refractivity contribution is 5.19. The van der Waals surface area contributed by atoms with Crippen molar-refractivity contribution in [3.8, 4) is 5.75 Å². The van der Waals surface area contributed by atoms with Crippen LogP contribution in [-0.4, -0.2) is 19.8 Å². The molecule has 71 valence electrons. The van der Waals surface area contributed by atoms with Crippen molar-refractivity contribution in [3.63, 3.8) is 0 Å². The van der Waals surface area contributed by atoms with E-state index in [-0.39, 0.29) is 0 Å². The average Bonchev–Trinajstić information content (AvgIpc) is 2.19. The van der Waals surface area contributed by atoms with Gasteiger partial charge in [0.05, 0.1) is 6.61 Å². The van der Waals surface area contributed by atoms with Gasteiger partial charge in [0.1, 0.15) is 12.4 Å². The Morgan fingerprint density at radius 3 is 2.85 bits per heavy atom. The molecule has 0 saturated heterocycles. The van der Waals surface area contributed by atoms with E-state index < -0.39 is 0 Å². The van der Waals surface area contributed by atoms with Gasteiger partial charge in [0, 0.05) is 12.7 Å². The van der Waals surface area contributed by atoms with Gasteiger partial charge in [0.2, 0.25) is 0 Å². The summed E-state index contributed by atoms with van der Waals surface area (Å²) in [6, 6.07) is 10.6. The summed E-state index contributed by atoms with van der Waals surface area (Å²) < 4.78 is 10.6. The maximum absolute atomic E-state index is 5.37. The highest BCUT2D eigenvalue weighted by atomic mass is 16.5. The van der Waals surface area contributed by atoms with Gasteiger partial charge in [-0.05, 0) is 12.5 Å². The van der Waals surface area contributed by atoms with Gasteiger partial charge in [-0.25, -0.2) is 0 Å². The van der Waals surface area contributed by atoms with Crippen LogP contribution < -0.4 is 4.74 Å². The summed E-state index contributed by atoms with van der Waals surface area (Å²) in [4.78, 5) is 0. The van der Waals surface area contributed by atoms with Crippen molar-refractivity contribution in [1.82, 2.24) is 0 Å². The summed E-state index contributed by atoms with van der Waals surface area (Å²) in [5, 5.41) is 0. The van der Waals surface area contributed by atoms with Crippen LogP contribution in [0, 0.1) is 6.07 Å². The molecule has 1 aromatic rings. The lowest BCUT2D eigenvalue weighted by Gasteiger charge is -2.05. The molecule has 0 aliphatic heterocycles. The zero-order chi connectivity index (χ0) is 9.36. The van der Waals surface area contributed by atoms with Crippen molar-refractivity contribution in [2.24, 2.45) is 0 Å². The SMILES string of the molecule is CCCOCCOc1[c]cccc1. The summed E-state index contributed by atoms with van der Waals surface area (Å²) in [6.45, 7) is 4.14. The highest BCUT2D eigenvalue weighted by Gasteiger charge is 1.91. The molecule has 1 radical (unpaired) electrons. The van der Waals surface area contributed by atoms with Crippen LogP contribution in [0.5, 0.6) is 5.75 Å². The molecule has 0 amide bonds. The van der Waals surface area contributed by atoms with Crippen LogP contribution in [0.2, 0.25) is 0 Å². The molecule has 2 heteroatoms. The Morgan fingerprint density at radius 1 is 1.23 bits per heavy atom. The van der Waals surface area contributed by atoms with Gasteiger partial charge in [-0.3, -0.25) is 0 Å². The molecule has 0 bridgehead atoms. The van der Waals surface area contributed by atoms with Crippen LogP contribution in [0.15, 0.2) is 24.3 Å². The minimum absolute atomic E-state index is 0.598. The van der Waals surface area contributed by atoms with E-state index in [4.69, 9.17) is 9.47 Å². The van der Waals surface area contributed by atoms with Crippen LogP contribution in [0.1, 0.15) is 13.3 Å². The van der Waals surface area contributed by atoms with Crippen molar-refractivity contribution < 1.29 is 9.47 Å². The zero-order valence-electron chi connectivity index (χ0n) is 7.95. The van der Waals surface area contributed by atoms with Gasteiger partial charge in [-0.1, -0.05) is 25.1 Å². The van der Waals surface area contributed by atoms with Crippen molar-refractivity contribution in [1.29, 1.82) is 0 Å². The molecule has 0 unspecified atom stereocenters. The smallest absolute Gasteiger partial charge is 0.127 e. The van der Waals surface area contributed by atoms with Crippen LogP contribution >= 0.6 is 0 Å². The third-order valence-electron chi connectivity index (χ3n) is 1.51. The lowest BCUT2D eigenvalue weighted by molar-refractivity contribution is 0.101. The number of rotatable bonds is 6. The normalized spacial score (nSPS) is 9.92. The third kappa shape index (κ3) is 4.53. The summed E-state index contributed by atoms with van der Waals surface area (Å²) >= 11 is 0. The fraction of sp³-hybridized carbons (Fsp3) is 0.455. The van der Waals surface area contributed by atoms with Gasteiger partial charge in [-0.2, -0.15) is 0 Å². The molecule has 0 spiro atoms. The molecular weight excluding hydrogens is 164 g/mol. The van der Waals surface area contributed by atoms with E-state index in [2.05, 4.69) is 13.0 Å². The molecule has 0 fully saturated rings. The van der Waals surface area contributed by atoms with E-state index in [0.717, 1.165) is 18.8 Å². The maximum atomic E-state index is 5.37. The van der Waals surface area contributed by atoms with Gasteiger partial charge in [0.15, 0.2) is 0 Å². The van der Waals surface area contributed by atoms with Crippen molar-refractivity contribution >= 4 is 0 Å². The van der Waals surface area contributed by atoms with Gasteiger partial charge >= 0.3 is 0 Å². The standard InChI is InChI=1S/C11H15O2/c1-2-8-12-9-10-13-11-6-4-3-5-7-11/h3-6H,2,8-10H2,1H3. The van der Waals surface area contributed by atoms with Gasteiger partial charge < -0.3 is 9.47 Å². The van der Waals surface area contributed by atoms with Gasteiger partial charge in [-0.15, -0.1) is 0 Å². The Labute approximate surface area is 79.5 Å². The van der Waals surface area contributed by atoms with Crippen molar-refractivity contribution in [3.05, 3.63) is 30.3 Å². The topological polar surface area (TPSA) is 18.5 Å². The molecule has 2 nitrogen and oxygen atoms in total. The van der Waals surface area contributed by atoms with E-state index >= 15 is 0 Å². The monoisotopic (exact) mass is 179 g/mol. The van der Waals surface area contributed by atoms with Crippen molar-refractivity contribution in [2.45, 2.75) is 13.3 Å². The van der Waals surface area contributed by atoms with E-state index in [9.17, 15) is 0 Å². The summed E-state index contributed by atoms with van der Waals surface area (Å²) in [6.07, 6.45) is 1.05. The Kier molecular flexibility index (Phi) is 5.02.